The molecule has 1 heterocycles. The van der Waals surface area contributed by atoms with Crippen LogP contribution in [0.4, 0.5) is 0 Å². The Morgan fingerprint density at radius 2 is 1.57 bits per heavy atom. The summed E-state index contributed by atoms with van der Waals surface area (Å²) < 4.78 is 11.3. The van der Waals surface area contributed by atoms with Crippen LogP contribution in [0.3, 0.4) is 0 Å². The summed E-state index contributed by atoms with van der Waals surface area (Å²) in [5, 5.41) is 0. The minimum absolute atomic E-state index is 0.0273. The Hall–Kier alpha value is -1.97. The summed E-state index contributed by atoms with van der Waals surface area (Å²) in [5.74, 6) is -0.0273. The lowest BCUT2D eigenvalue weighted by molar-refractivity contribution is -0.139. The molecule has 2 aromatic rings. The maximum Gasteiger partial charge on any atom is 0.176 e. The summed E-state index contributed by atoms with van der Waals surface area (Å²) in [6, 6.07) is 19.3. The summed E-state index contributed by atoms with van der Waals surface area (Å²) >= 11 is 0. The molecular weight excluding hydrogens is 264 g/mol. The number of carbonyl (C=O) groups excluding carboxylic acids is 1. The number of epoxide rings is 1. The molecule has 0 bridgehead atoms. The van der Waals surface area contributed by atoms with Gasteiger partial charge in [-0.1, -0.05) is 60.7 Å². The summed E-state index contributed by atoms with van der Waals surface area (Å²) in [4.78, 5) is 12.5. The molecule has 2 aromatic carbocycles. The number of ether oxygens (including phenoxy) is 2. The molecule has 0 spiro atoms. The molecule has 1 aliphatic rings. The van der Waals surface area contributed by atoms with Gasteiger partial charge in [0.05, 0.1) is 13.2 Å². The van der Waals surface area contributed by atoms with E-state index >= 15 is 0 Å². The van der Waals surface area contributed by atoms with Crippen molar-refractivity contribution in [3.63, 3.8) is 0 Å². The fourth-order valence-corrected chi connectivity index (χ4v) is 2.57. The number of carbonyl (C=O) groups is 1. The van der Waals surface area contributed by atoms with Crippen LogP contribution in [0.25, 0.3) is 0 Å². The first kappa shape index (κ1) is 14.0. The van der Waals surface area contributed by atoms with Crippen molar-refractivity contribution in [1.29, 1.82) is 0 Å². The summed E-state index contributed by atoms with van der Waals surface area (Å²) in [7, 11) is 0. The van der Waals surface area contributed by atoms with Crippen LogP contribution in [0, 0.1) is 0 Å². The van der Waals surface area contributed by atoms with Gasteiger partial charge in [-0.15, -0.1) is 0 Å². The van der Waals surface area contributed by atoms with E-state index in [4.69, 9.17) is 9.47 Å². The summed E-state index contributed by atoms with van der Waals surface area (Å²) in [6.45, 7) is 2.70. The smallest absolute Gasteiger partial charge is 0.176 e. The van der Waals surface area contributed by atoms with Crippen LogP contribution in [0.2, 0.25) is 0 Å². The van der Waals surface area contributed by atoms with Gasteiger partial charge in [-0.3, -0.25) is 4.79 Å². The molecule has 3 nitrogen and oxygen atoms in total. The maximum atomic E-state index is 12.5. The number of hydrogen-bond acceptors (Lipinski definition) is 3. The predicted molar refractivity (Wildman–Crippen MR) is 80.0 cm³/mol. The molecule has 21 heavy (non-hydrogen) atoms. The third-order valence-corrected chi connectivity index (χ3v) is 3.74. The molecule has 3 heteroatoms. The highest BCUT2D eigenvalue weighted by Crippen LogP contribution is 2.35. The standard InChI is InChI=1S/C18H18O3/c1-14(19)18(21-13-17-12-20-17,15-8-4-2-5-9-15)16-10-6-3-7-11-16/h2-11,17H,12-13H2,1H3. The Bertz CT molecular complexity index is 563. The van der Waals surface area contributed by atoms with Crippen molar-refractivity contribution in [2.45, 2.75) is 18.6 Å². The molecule has 1 fully saturated rings. The van der Waals surface area contributed by atoms with E-state index in [1.54, 1.807) is 6.92 Å². The van der Waals surface area contributed by atoms with Gasteiger partial charge in [-0.2, -0.15) is 0 Å². The van der Waals surface area contributed by atoms with E-state index in [2.05, 4.69) is 0 Å². The largest absolute Gasteiger partial charge is 0.371 e. The van der Waals surface area contributed by atoms with Crippen LogP contribution in [0.5, 0.6) is 0 Å². The quantitative estimate of drug-likeness (QED) is 0.765. The maximum absolute atomic E-state index is 12.5. The van der Waals surface area contributed by atoms with Gasteiger partial charge >= 0.3 is 0 Å². The van der Waals surface area contributed by atoms with Crippen LogP contribution in [0.15, 0.2) is 60.7 Å². The van der Waals surface area contributed by atoms with Gasteiger partial charge in [0.15, 0.2) is 11.4 Å². The van der Waals surface area contributed by atoms with E-state index in [0.717, 1.165) is 11.1 Å². The Balaban J connectivity index is 2.08. The van der Waals surface area contributed by atoms with Gasteiger partial charge < -0.3 is 9.47 Å². The van der Waals surface area contributed by atoms with Gasteiger partial charge in [0, 0.05) is 0 Å². The van der Waals surface area contributed by atoms with Crippen molar-refractivity contribution in [3.8, 4) is 0 Å². The van der Waals surface area contributed by atoms with Crippen LogP contribution < -0.4 is 0 Å². The summed E-state index contributed by atoms with van der Waals surface area (Å²) in [6.07, 6.45) is 0.108. The second-order valence-corrected chi connectivity index (χ2v) is 5.24. The van der Waals surface area contributed by atoms with E-state index < -0.39 is 5.60 Å². The minimum Gasteiger partial charge on any atom is -0.371 e. The summed E-state index contributed by atoms with van der Waals surface area (Å²) in [5.41, 5.74) is 0.641. The average molecular weight is 282 g/mol. The fraction of sp³-hybridized carbons (Fsp3) is 0.278. The molecule has 0 N–H and O–H groups in total. The minimum atomic E-state index is -1.06. The molecular formula is C18H18O3. The van der Waals surface area contributed by atoms with E-state index in [-0.39, 0.29) is 11.9 Å². The zero-order valence-corrected chi connectivity index (χ0v) is 12.0. The number of hydrogen-bond donors (Lipinski definition) is 0. The van der Waals surface area contributed by atoms with Crippen molar-refractivity contribution in [2.75, 3.05) is 13.2 Å². The normalized spacial score (nSPS) is 17.5. The molecule has 108 valence electrons. The molecule has 1 atom stereocenters. The van der Waals surface area contributed by atoms with Crippen molar-refractivity contribution in [3.05, 3.63) is 71.8 Å². The van der Waals surface area contributed by atoms with Crippen molar-refractivity contribution in [1.82, 2.24) is 0 Å². The van der Waals surface area contributed by atoms with Crippen LogP contribution in [0.1, 0.15) is 18.1 Å². The number of Topliss-reactive ketones (excluding diaryl/α,β-unsaturated/α-hetero) is 1. The number of ketones is 1. The first-order valence-corrected chi connectivity index (χ1v) is 7.11. The molecule has 0 radical (unpaired) electrons. The molecule has 0 aliphatic carbocycles. The number of benzene rings is 2. The van der Waals surface area contributed by atoms with Crippen LogP contribution in [-0.4, -0.2) is 25.1 Å². The van der Waals surface area contributed by atoms with Crippen molar-refractivity contribution < 1.29 is 14.3 Å². The SMILES string of the molecule is CC(=O)C(OCC1CO1)(c1ccccc1)c1ccccc1. The lowest BCUT2D eigenvalue weighted by Crippen LogP contribution is -2.39. The molecule has 0 aromatic heterocycles. The lowest BCUT2D eigenvalue weighted by Gasteiger charge is -2.32. The number of rotatable bonds is 6. The Kier molecular flexibility index (Phi) is 3.86. The first-order chi connectivity index (χ1) is 10.2. The second-order valence-electron chi connectivity index (χ2n) is 5.24. The lowest BCUT2D eigenvalue weighted by atomic mass is 9.83. The molecule has 0 amide bonds. The Morgan fingerprint density at radius 1 is 1.10 bits per heavy atom. The predicted octanol–water partition coefficient (Wildman–Crippen LogP) is 2.93. The average Bonchev–Trinajstić information content (AvgIpc) is 3.34. The first-order valence-electron chi connectivity index (χ1n) is 7.11. The monoisotopic (exact) mass is 282 g/mol. The molecule has 1 saturated heterocycles. The Labute approximate surface area is 124 Å². The third kappa shape index (κ3) is 2.75. The van der Waals surface area contributed by atoms with Gasteiger partial charge in [0.25, 0.3) is 0 Å². The molecule has 3 rings (SSSR count). The van der Waals surface area contributed by atoms with Gasteiger partial charge in [0.2, 0.25) is 0 Å². The van der Waals surface area contributed by atoms with Crippen molar-refractivity contribution >= 4 is 5.78 Å². The van der Waals surface area contributed by atoms with E-state index in [9.17, 15) is 4.79 Å². The highest BCUT2D eigenvalue weighted by Gasteiger charge is 2.42. The van der Waals surface area contributed by atoms with E-state index in [1.165, 1.54) is 0 Å². The van der Waals surface area contributed by atoms with E-state index in [1.807, 2.05) is 60.7 Å². The van der Waals surface area contributed by atoms with Crippen molar-refractivity contribution in [2.24, 2.45) is 0 Å². The molecule has 0 saturated carbocycles. The highest BCUT2D eigenvalue weighted by molar-refractivity contribution is 5.90. The van der Waals surface area contributed by atoms with Gasteiger partial charge in [-0.05, 0) is 18.1 Å². The molecule has 1 aliphatic heterocycles. The van der Waals surface area contributed by atoms with E-state index in [0.29, 0.717) is 13.2 Å². The third-order valence-electron chi connectivity index (χ3n) is 3.74. The Morgan fingerprint density at radius 3 is 1.95 bits per heavy atom. The zero-order valence-electron chi connectivity index (χ0n) is 12.0. The van der Waals surface area contributed by atoms with Crippen LogP contribution in [-0.2, 0) is 19.9 Å². The molecule has 1 unspecified atom stereocenters. The van der Waals surface area contributed by atoms with Gasteiger partial charge in [-0.25, -0.2) is 0 Å². The highest BCUT2D eigenvalue weighted by atomic mass is 16.6. The van der Waals surface area contributed by atoms with Crippen LogP contribution >= 0.6 is 0 Å². The second kappa shape index (κ2) is 5.80. The zero-order chi connectivity index (χ0) is 14.7. The topological polar surface area (TPSA) is 38.8 Å². The fourth-order valence-electron chi connectivity index (χ4n) is 2.57. The van der Waals surface area contributed by atoms with Gasteiger partial charge in [0.1, 0.15) is 6.10 Å².